The molecule has 0 radical (unpaired) electrons. The van der Waals surface area contributed by atoms with E-state index in [4.69, 9.17) is 9.52 Å². The molecule has 21 heavy (non-hydrogen) atoms. The number of carbonyl (C=O) groups is 3. The first-order chi connectivity index (χ1) is 10.0. The molecule has 1 atom stereocenters. The van der Waals surface area contributed by atoms with Crippen LogP contribution in [0.2, 0.25) is 0 Å². The summed E-state index contributed by atoms with van der Waals surface area (Å²) in [5, 5.41) is 14.0. The number of carbonyl (C=O) groups excluding carboxylic acids is 2. The topological polar surface area (TPSA) is 109 Å². The molecule has 3 N–H and O–H groups in total. The predicted molar refractivity (Wildman–Crippen MR) is 78.2 cm³/mol. The Morgan fingerprint density at radius 1 is 1.43 bits per heavy atom. The van der Waals surface area contributed by atoms with Crippen LogP contribution in [0.3, 0.4) is 0 Å². The van der Waals surface area contributed by atoms with Crippen molar-refractivity contribution in [1.82, 2.24) is 10.6 Å². The number of hydrogen-bond acceptors (Lipinski definition) is 5. The standard InChI is InChI=1S/C13H18N2O5S/c1-21-7-4-10(13(18)19)15-11(16)2-5-14-12(17)9-3-6-20-8-9/h3,6,8,10H,2,4-5,7H2,1H3,(H,14,17)(H,15,16)(H,18,19). The van der Waals surface area contributed by atoms with Crippen LogP contribution in [0.5, 0.6) is 0 Å². The molecule has 1 unspecified atom stereocenters. The zero-order valence-corrected chi connectivity index (χ0v) is 12.4. The van der Waals surface area contributed by atoms with E-state index in [1.807, 2.05) is 6.26 Å². The summed E-state index contributed by atoms with van der Waals surface area (Å²) in [4.78, 5) is 34.2. The van der Waals surface area contributed by atoms with Gasteiger partial charge in [-0.15, -0.1) is 0 Å². The largest absolute Gasteiger partial charge is 0.480 e. The van der Waals surface area contributed by atoms with Gasteiger partial charge in [0.05, 0.1) is 11.8 Å². The Bertz CT molecular complexity index is 475. The number of furan rings is 1. The van der Waals surface area contributed by atoms with Crippen molar-refractivity contribution in [3.05, 3.63) is 24.2 Å². The maximum atomic E-state index is 11.6. The SMILES string of the molecule is CSCCC(NC(=O)CCNC(=O)c1ccoc1)C(=O)O. The minimum absolute atomic E-state index is 0.0205. The van der Waals surface area contributed by atoms with Crippen molar-refractivity contribution in [2.45, 2.75) is 18.9 Å². The average Bonchev–Trinajstić information content (AvgIpc) is 2.97. The highest BCUT2D eigenvalue weighted by Gasteiger charge is 2.19. The molecule has 1 rings (SSSR count). The van der Waals surface area contributed by atoms with Crippen LogP contribution in [-0.2, 0) is 9.59 Å². The highest BCUT2D eigenvalue weighted by Crippen LogP contribution is 2.02. The summed E-state index contributed by atoms with van der Waals surface area (Å²) < 4.78 is 4.77. The lowest BCUT2D eigenvalue weighted by molar-refractivity contribution is -0.141. The van der Waals surface area contributed by atoms with Crippen molar-refractivity contribution in [2.24, 2.45) is 0 Å². The number of carboxylic acid groups (broad SMARTS) is 1. The van der Waals surface area contributed by atoms with Gasteiger partial charge in [0.25, 0.3) is 5.91 Å². The average molecular weight is 314 g/mol. The van der Waals surface area contributed by atoms with Crippen LogP contribution in [-0.4, -0.2) is 47.5 Å². The van der Waals surface area contributed by atoms with Gasteiger partial charge in [-0.3, -0.25) is 9.59 Å². The third-order valence-corrected chi connectivity index (χ3v) is 3.31. The third kappa shape index (κ3) is 6.35. The van der Waals surface area contributed by atoms with Crippen LogP contribution >= 0.6 is 11.8 Å². The Balaban J connectivity index is 2.29. The van der Waals surface area contributed by atoms with E-state index >= 15 is 0 Å². The molecule has 0 spiro atoms. The maximum Gasteiger partial charge on any atom is 0.326 e. The number of thioether (sulfide) groups is 1. The van der Waals surface area contributed by atoms with Crippen molar-refractivity contribution < 1.29 is 23.9 Å². The Kier molecular flexibility index (Phi) is 7.38. The molecule has 0 aromatic carbocycles. The van der Waals surface area contributed by atoms with E-state index in [9.17, 15) is 14.4 Å². The van der Waals surface area contributed by atoms with E-state index in [1.165, 1.54) is 30.4 Å². The molecule has 116 valence electrons. The van der Waals surface area contributed by atoms with Crippen LogP contribution in [0.1, 0.15) is 23.2 Å². The van der Waals surface area contributed by atoms with Gasteiger partial charge >= 0.3 is 5.97 Å². The highest BCUT2D eigenvalue weighted by atomic mass is 32.2. The summed E-state index contributed by atoms with van der Waals surface area (Å²) in [6, 6.07) is 0.618. The number of aliphatic carboxylic acids is 1. The third-order valence-electron chi connectivity index (χ3n) is 2.66. The molecule has 0 saturated heterocycles. The molecule has 0 bridgehead atoms. The molecular weight excluding hydrogens is 296 g/mol. The molecular formula is C13H18N2O5S. The van der Waals surface area contributed by atoms with Gasteiger partial charge in [0.2, 0.25) is 5.91 Å². The predicted octanol–water partition coefficient (Wildman–Crippen LogP) is 0.722. The van der Waals surface area contributed by atoms with Gasteiger partial charge in [-0.1, -0.05) is 0 Å². The normalized spacial score (nSPS) is 11.7. The second-order valence-electron chi connectivity index (χ2n) is 4.26. The molecule has 0 fully saturated rings. The van der Waals surface area contributed by atoms with Gasteiger partial charge < -0.3 is 20.2 Å². The monoisotopic (exact) mass is 314 g/mol. The first-order valence-electron chi connectivity index (χ1n) is 6.36. The van der Waals surface area contributed by atoms with Crippen LogP contribution in [0.15, 0.2) is 23.0 Å². The molecule has 0 aliphatic rings. The summed E-state index contributed by atoms with van der Waals surface area (Å²) in [6.07, 6.45) is 4.94. The van der Waals surface area contributed by atoms with E-state index in [2.05, 4.69) is 10.6 Å². The molecule has 0 aliphatic heterocycles. The first-order valence-corrected chi connectivity index (χ1v) is 7.75. The van der Waals surface area contributed by atoms with Crippen LogP contribution in [0.25, 0.3) is 0 Å². The smallest absolute Gasteiger partial charge is 0.326 e. The number of hydrogen-bond donors (Lipinski definition) is 3. The Morgan fingerprint density at radius 3 is 2.76 bits per heavy atom. The van der Waals surface area contributed by atoms with Crippen molar-refractivity contribution >= 4 is 29.5 Å². The minimum atomic E-state index is -1.06. The molecule has 8 heteroatoms. The number of nitrogens with one attached hydrogen (secondary N) is 2. The minimum Gasteiger partial charge on any atom is -0.480 e. The fraction of sp³-hybridized carbons (Fsp3) is 0.462. The van der Waals surface area contributed by atoms with Crippen molar-refractivity contribution in [3.63, 3.8) is 0 Å². The second kappa shape index (κ2) is 9.06. The maximum absolute atomic E-state index is 11.6. The molecule has 1 aromatic heterocycles. The summed E-state index contributed by atoms with van der Waals surface area (Å²) in [6.45, 7) is 0.130. The molecule has 2 amide bonds. The molecule has 1 aromatic rings. The van der Waals surface area contributed by atoms with Crippen LogP contribution in [0.4, 0.5) is 0 Å². The van der Waals surface area contributed by atoms with Crippen molar-refractivity contribution in [1.29, 1.82) is 0 Å². The van der Waals surface area contributed by atoms with Crippen LogP contribution in [0, 0.1) is 0 Å². The second-order valence-corrected chi connectivity index (χ2v) is 5.24. The van der Waals surface area contributed by atoms with Gasteiger partial charge in [0.1, 0.15) is 12.3 Å². The van der Waals surface area contributed by atoms with E-state index in [-0.39, 0.29) is 18.9 Å². The lowest BCUT2D eigenvalue weighted by atomic mass is 10.2. The fourth-order valence-corrected chi connectivity index (χ4v) is 2.02. The Labute approximate surface area is 126 Å². The van der Waals surface area contributed by atoms with E-state index in [1.54, 1.807) is 0 Å². The van der Waals surface area contributed by atoms with E-state index in [0.717, 1.165) is 0 Å². The summed E-state index contributed by atoms with van der Waals surface area (Å²) in [7, 11) is 0. The Hall–Kier alpha value is -1.96. The van der Waals surface area contributed by atoms with E-state index in [0.29, 0.717) is 17.7 Å². The quantitative estimate of drug-likeness (QED) is 0.620. The number of rotatable bonds is 9. The fourth-order valence-electron chi connectivity index (χ4n) is 1.54. The van der Waals surface area contributed by atoms with Crippen molar-refractivity contribution in [2.75, 3.05) is 18.6 Å². The van der Waals surface area contributed by atoms with Gasteiger partial charge in [0, 0.05) is 13.0 Å². The first kappa shape index (κ1) is 17.1. The molecule has 0 saturated carbocycles. The van der Waals surface area contributed by atoms with Gasteiger partial charge in [-0.05, 0) is 24.5 Å². The molecule has 1 heterocycles. The number of amides is 2. The lowest BCUT2D eigenvalue weighted by Crippen LogP contribution is -2.42. The summed E-state index contributed by atoms with van der Waals surface area (Å²) >= 11 is 1.51. The zero-order chi connectivity index (χ0) is 15.7. The zero-order valence-electron chi connectivity index (χ0n) is 11.6. The summed E-state index contributed by atoms with van der Waals surface area (Å²) in [5.41, 5.74) is 0.374. The lowest BCUT2D eigenvalue weighted by Gasteiger charge is -2.14. The van der Waals surface area contributed by atoms with Gasteiger partial charge in [0.15, 0.2) is 0 Å². The molecule has 0 aliphatic carbocycles. The van der Waals surface area contributed by atoms with Crippen LogP contribution < -0.4 is 10.6 Å². The number of carboxylic acids is 1. The van der Waals surface area contributed by atoms with Gasteiger partial charge in [-0.25, -0.2) is 4.79 Å². The molecule has 7 nitrogen and oxygen atoms in total. The van der Waals surface area contributed by atoms with Gasteiger partial charge in [-0.2, -0.15) is 11.8 Å². The van der Waals surface area contributed by atoms with E-state index < -0.39 is 17.9 Å². The van der Waals surface area contributed by atoms with Crippen molar-refractivity contribution in [3.8, 4) is 0 Å². The highest BCUT2D eigenvalue weighted by molar-refractivity contribution is 7.98. The summed E-state index contributed by atoms with van der Waals surface area (Å²) in [5.74, 6) is -1.15. The Morgan fingerprint density at radius 2 is 2.19 bits per heavy atom.